The molecule has 2 N–H and O–H groups in total. The summed E-state index contributed by atoms with van der Waals surface area (Å²) in [5, 5.41) is 11.1. The summed E-state index contributed by atoms with van der Waals surface area (Å²) in [5.41, 5.74) is 10.2. The van der Waals surface area contributed by atoms with Gasteiger partial charge in [0.25, 0.3) is 5.69 Å². The number of rotatable bonds is 10. The molecule has 7 nitrogen and oxygen atoms in total. The molecule has 0 spiro atoms. The van der Waals surface area contributed by atoms with Crippen molar-refractivity contribution in [2.75, 3.05) is 13.1 Å². The molecule has 41 heavy (non-hydrogen) atoms. The third kappa shape index (κ3) is 6.29. The van der Waals surface area contributed by atoms with E-state index in [1.165, 1.54) is 28.8 Å². The molecular weight excluding hydrogens is 534 g/mol. The predicted octanol–water partition coefficient (Wildman–Crippen LogP) is 6.75. The van der Waals surface area contributed by atoms with Crippen molar-refractivity contribution in [3.8, 4) is 0 Å². The number of likely N-dealkylation sites (tertiary alicyclic amines) is 1. The van der Waals surface area contributed by atoms with Crippen LogP contribution in [0.5, 0.6) is 0 Å². The van der Waals surface area contributed by atoms with Gasteiger partial charge in [0.1, 0.15) is 6.61 Å². The number of amides is 1. The third-order valence-electron chi connectivity index (χ3n) is 7.50. The van der Waals surface area contributed by atoms with Gasteiger partial charge >= 0.3 is 6.09 Å². The molecule has 5 rings (SSSR count). The molecule has 1 fully saturated rings. The Hall–Kier alpha value is -4.14. The van der Waals surface area contributed by atoms with E-state index in [-0.39, 0.29) is 23.6 Å². The molecule has 1 saturated heterocycles. The predicted molar refractivity (Wildman–Crippen MR) is 163 cm³/mol. The van der Waals surface area contributed by atoms with Gasteiger partial charge in [0, 0.05) is 30.0 Å². The molecule has 2 atom stereocenters. The molecule has 0 bridgehead atoms. The zero-order valence-corrected chi connectivity index (χ0v) is 23.5. The number of carbonyl (C=O) groups is 1. The van der Waals surface area contributed by atoms with E-state index in [4.69, 9.17) is 10.5 Å². The van der Waals surface area contributed by atoms with Gasteiger partial charge in [-0.3, -0.25) is 10.1 Å². The maximum atomic E-state index is 13.3. The van der Waals surface area contributed by atoms with Crippen molar-refractivity contribution in [1.29, 1.82) is 0 Å². The topological polar surface area (TPSA) is 98.7 Å². The quantitative estimate of drug-likeness (QED) is 0.129. The van der Waals surface area contributed by atoms with Gasteiger partial charge < -0.3 is 15.4 Å². The standard InChI is InChI=1S/C33H33N3O4S/c34-21-20-30-22-31(23-35(30)32(37)40-24-25-16-18-29(19-17-25)36(38)39)41-33(26-10-4-1-5-11-26,27-12-6-2-7-13-27)28-14-8-3-9-15-28/h1-19,30-31H,20-24,34H2/t30-,31+/m1/s1. The zero-order valence-electron chi connectivity index (χ0n) is 22.7. The highest BCUT2D eigenvalue weighted by molar-refractivity contribution is 8.01. The zero-order chi connectivity index (χ0) is 28.7. The molecule has 0 saturated carbocycles. The van der Waals surface area contributed by atoms with Crippen LogP contribution < -0.4 is 5.73 Å². The fourth-order valence-corrected chi connectivity index (χ4v) is 7.43. The minimum Gasteiger partial charge on any atom is -0.445 e. The van der Waals surface area contributed by atoms with E-state index in [2.05, 4.69) is 72.8 Å². The maximum absolute atomic E-state index is 13.3. The van der Waals surface area contributed by atoms with E-state index in [9.17, 15) is 14.9 Å². The second-order valence-corrected chi connectivity index (χ2v) is 11.6. The molecule has 210 valence electrons. The summed E-state index contributed by atoms with van der Waals surface area (Å²) >= 11 is 1.87. The minimum atomic E-state index is -0.486. The van der Waals surface area contributed by atoms with E-state index in [0.717, 1.165) is 6.42 Å². The van der Waals surface area contributed by atoms with Gasteiger partial charge in [0.05, 0.1) is 9.67 Å². The average molecular weight is 568 g/mol. The molecule has 0 radical (unpaired) electrons. The van der Waals surface area contributed by atoms with Crippen LogP contribution in [-0.2, 0) is 16.1 Å². The molecule has 4 aromatic carbocycles. The molecule has 1 aliphatic heterocycles. The number of nitro groups is 1. The van der Waals surface area contributed by atoms with E-state index in [1.54, 1.807) is 12.1 Å². The summed E-state index contributed by atoms with van der Waals surface area (Å²) in [6, 6.07) is 37.6. The van der Waals surface area contributed by atoms with Crippen molar-refractivity contribution in [2.24, 2.45) is 5.73 Å². The highest BCUT2D eigenvalue weighted by Crippen LogP contribution is 2.52. The van der Waals surface area contributed by atoms with Gasteiger partial charge in [-0.2, -0.15) is 0 Å². The van der Waals surface area contributed by atoms with Crippen LogP contribution in [0.25, 0.3) is 0 Å². The van der Waals surface area contributed by atoms with Crippen LogP contribution >= 0.6 is 11.8 Å². The average Bonchev–Trinajstić information content (AvgIpc) is 3.42. The van der Waals surface area contributed by atoms with Crippen molar-refractivity contribution in [1.82, 2.24) is 4.90 Å². The lowest BCUT2D eigenvalue weighted by Gasteiger charge is -2.37. The first-order chi connectivity index (χ1) is 20.0. The van der Waals surface area contributed by atoms with Crippen LogP contribution in [0.3, 0.4) is 0 Å². The van der Waals surface area contributed by atoms with Gasteiger partial charge in [-0.1, -0.05) is 91.0 Å². The number of ether oxygens (including phenoxy) is 1. The number of benzene rings is 4. The van der Waals surface area contributed by atoms with Crippen molar-refractivity contribution in [2.45, 2.75) is 35.5 Å². The summed E-state index contributed by atoms with van der Waals surface area (Å²) in [5.74, 6) is 0. The lowest BCUT2D eigenvalue weighted by Crippen LogP contribution is -2.37. The first-order valence-corrected chi connectivity index (χ1v) is 14.6. The number of carbonyl (C=O) groups excluding carboxylic acids is 1. The summed E-state index contributed by atoms with van der Waals surface area (Å²) in [7, 11) is 0. The lowest BCUT2D eigenvalue weighted by atomic mass is 9.84. The van der Waals surface area contributed by atoms with Crippen LogP contribution in [0.4, 0.5) is 10.5 Å². The van der Waals surface area contributed by atoms with Crippen molar-refractivity contribution < 1.29 is 14.5 Å². The first-order valence-electron chi connectivity index (χ1n) is 13.7. The summed E-state index contributed by atoms with van der Waals surface area (Å²) in [6.07, 6.45) is 1.08. The Balaban J connectivity index is 1.42. The molecule has 1 heterocycles. The molecule has 1 amide bonds. The fourth-order valence-electron chi connectivity index (χ4n) is 5.56. The fraction of sp³-hybridized carbons (Fsp3) is 0.242. The number of hydrogen-bond acceptors (Lipinski definition) is 6. The highest BCUT2D eigenvalue weighted by Gasteiger charge is 2.44. The maximum Gasteiger partial charge on any atom is 0.410 e. The summed E-state index contributed by atoms with van der Waals surface area (Å²) in [6.45, 7) is 1.04. The van der Waals surface area contributed by atoms with E-state index >= 15 is 0 Å². The lowest BCUT2D eigenvalue weighted by molar-refractivity contribution is -0.384. The van der Waals surface area contributed by atoms with Crippen LogP contribution in [0, 0.1) is 10.1 Å². The second kappa shape index (κ2) is 13.0. The van der Waals surface area contributed by atoms with E-state index < -0.39 is 15.8 Å². The van der Waals surface area contributed by atoms with Gasteiger partial charge in [-0.15, -0.1) is 11.8 Å². The van der Waals surface area contributed by atoms with Crippen molar-refractivity contribution in [3.63, 3.8) is 0 Å². The number of thioether (sulfide) groups is 1. The highest BCUT2D eigenvalue weighted by atomic mass is 32.2. The Morgan fingerprint density at radius 1 is 0.878 bits per heavy atom. The Kier molecular flexibility index (Phi) is 9.01. The Labute approximate surface area is 244 Å². The minimum absolute atomic E-state index is 0.00114. The van der Waals surface area contributed by atoms with Gasteiger partial charge in [-0.25, -0.2) is 4.79 Å². The van der Waals surface area contributed by atoms with E-state index in [1.807, 2.05) is 34.9 Å². The van der Waals surface area contributed by atoms with Gasteiger partial charge in [0.15, 0.2) is 0 Å². The molecule has 0 unspecified atom stereocenters. The normalized spacial score (nSPS) is 16.9. The Morgan fingerprint density at radius 3 is 1.85 bits per heavy atom. The molecule has 0 aromatic heterocycles. The van der Waals surface area contributed by atoms with Crippen LogP contribution in [0.1, 0.15) is 35.1 Å². The number of non-ortho nitro benzene ring substituents is 1. The van der Waals surface area contributed by atoms with Crippen molar-refractivity contribution in [3.05, 3.63) is 148 Å². The smallest absolute Gasteiger partial charge is 0.410 e. The SMILES string of the molecule is NCC[C@@H]1C[C@H](SC(c2ccccc2)(c2ccccc2)c2ccccc2)CN1C(=O)OCc1ccc([N+](=O)[O-])cc1. The van der Waals surface area contributed by atoms with E-state index in [0.29, 0.717) is 25.1 Å². The molecule has 0 aliphatic carbocycles. The molecule has 4 aromatic rings. The number of nitrogens with zero attached hydrogens (tertiary/aromatic N) is 2. The monoisotopic (exact) mass is 567 g/mol. The van der Waals surface area contributed by atoms with Crippen LogP contribution in [0.2, 0.25) is 0 Å². The third-order valence-corrected chi connectivity index (χ3v) is 9.24. The second-order valence-electron chi connectivity index (χ2n) is 10.1. The summed E-state index contributed by atoms with van der Waals surface area (Å²) < 4.78 is 5.20. The van der Waals surface area contributed by atoms with Crippen molar-refractivity contribution >= 4 is 23.5 Å². The number of hydrogen-bond donors (Lipinski definition) is 1. The van der Waals surface area contributed by atoms with Gasteiger partial charge in [-0.05, 0) is 53.8 Å². The number of nitro benzene ring substituents is 1. The van der Waals surface area contributed by atoms with Crippen LogP contribution in [-0.4, -0.2) is 40.3 Å². The Bertz CT molecular complexity index is 1340. The Morgan fingerprint density at radius 2 is 1.39 bits per heavy atom. The van der Waals surface area contributed by atoms with Gasteiger partial charge in [0.2, 0.25) is 0 Å². The molecular formula is C33H33N3O4S. The largest absolute Gasteiger partial charge is 0.445 e. The first kappa shape index (κ1) is 28.4. The molecule has 8 heteroatoms. The number of nitrogens with two attached hydrogens (primary N) is 1. The van der Waals surface area contributed by atoms with Crippen LogP contribution in [0.15, 0.2) is 115 Å². The summed E-state index contributed by atoms with van der Waals surface area (Å²) in [4.78, 5) is 25.7. The molecule has 1 aliphatic rings.